The Kier molecular flexibility index (Phi) is 7.86. The molecule has 0 aliphatic heterocycles. The zero-order valence-electron chi connectivity index (χ0n) is 15.1. The minimum absolute atomic E-state index is 0.118. The third-order valence-electron chi connectivity index (χ3n) is 3.44. The minimum atomic E-state index is -0.635. The molecule has 0 saturated heterocycles. The van der Waals surface area contributed by atoms with E-state index in [4.69, 9.17) is 12.2 Å². The molecule has 0 fully saturated rings. The molecule has 2 rings (SSSR count). The number of amides is 2. The van der Waals surface area contributed by atoms with Crippen molar-refractivity contribution in [3.63, 3.8) is 0 Å². The summed E-state index contributed by atoms with van der Waals surface area (Å²) in [6.07, 6.45) is 1.96. The third kappa shape index (κ3) is 6.65. The Morgan fingerprint density at radius 3 is 2.21 bits per heavy atom. The van der Waals surface area contributed by atoms with Gasteiger partial charge in [-0.25, -0.2) is 4.79 Å². The van der Waals surface area contributed by atoms with Crippen LogP contribution in [0.2, 0.25) is 0 Å². The molecule has 0 aromatic heterocycles. The number of benzene rings is 2. The standard InChI is InChI=1S/C20H19N3O4S/c1-2-27-18(25)13-12-17(24)21-20(28)23-22-19(26)16-10-8-15(9-11-16)14-6-4-3-5-7-14/h3-13H,2H2,1H3,(H,22,26)(H2,21,23,24,28). The van der Waals surface area contributed by atoms with Gasteiger partial charge in [-0.1, -0.05) is 42.5 Å². The van der Waals surface area contributed by atoms with Gasteiger partial charge in [-0.05, 0) is 42.4 Å². The highest BCUT2D eigenvalue weighted by Crippen LogP contribution is 2.19. The summed E-state index contributed by atoms with van der Waals surface area (Å²) < 4.78 is 4.65. The van der Waals surface area contributed by atoms with Gasteiger partial charge in [-0.15, -0.1) is 0 Å². The fourth-order valence-electron chi connectivity index (χ4n) is 2.15. The van der Waals surface area contributed by atoms with Crippen molar-refractivity contribution in [2.24, 2.45) is 0 Å². The van der Waals surface area contributed by atoms with Crippen molar-refractivity contribution in [1.29, 1.82) is 0 Å². The van der Waals surface area contributed by atoms with E-state index in [9.17, 15) is 14.4 Å². The number of carbonyl (C=O) groups excluding carboxylic acids is 3. The minimum Gasteiger partial charge on any atom is -0.463 e. The van der Waals surface area contributed by atoms with E-state index >= 15 is 0 Å². The molecule has 0 saturated carbocycles. The van der Waals surface area contributed by atoms with Gasteiger partial charge < -0.3 is 4.74 Å². The first-order chi connectivity index (χ1) is 13.5. The van der Waals surface area contributed by atoms with Crippen molar-refractivity contribution < 1.29 is 19.1 Å². The zero-order chi connectivity index (χ0) is 20.4. The molecule has 0 aliphatic carbocycles. The van der Waals surface area contributed by atoms with Gasteiger partial charge in [0.1, 0.15) is 0 Å². The molecule has 0 radical (unpaired) electrons. The summed E-state index contributed by atoms with van der Waals surface area (Å²) >= 11 is 4.91. The highest BCUT2D eigenvalue weighted by atomic mass is 32.1. The van der Waals surface area contributed by atoms with Crippen LogP contribution in [0.1, 0.15) is 17.3 Å². The van der Waals surface area contributed by atoms with Crippen LogP contribution in [0.4, 0.5) is 0 Å². The molecular weight excluding hydrogens is 378 g/mol. The molecular formula is C20H19N3O4S. The average molecular weight is 397 g/mol. The second kappa shape index (κ2) is 10.6. The van der Waals surface area contributed by atoms with Gasteiger partial charge in [0.05, 0.1) is 6.61 Å². The van der Waals surface area contributed by atoms with Crippen molar-refractivity contribution in [2.75, 3.05) is 6.61 Å². The average Bonchev–Trinajstić information content (AvgIpc) is 2.71. The Hall–Kier alpha value is -3.52. The Morgan fingerprint density at radius 1 is 0.929 bits per heavy atom. The maximum atomic E-state index is 12.1. The number of rotatable bonds is 5. The molecule has 0 unspecified atom stereocenters. The summed E-state index contributed by atoms with van der Waals surface area (Å²) in [5, 5.41) is 2.17. The van der Waals surface area contributed by atoms with Crippen LogP contribution >= 0.6 is 12.2 Å². The lowest BCUT2D eigenvalue weighted by Gasteiger charge is -2.10. The molecule has 0 heterocycles. The number of thiocarbonyl (C=S) groups is 1. The van der Waals surface area contributed by atoms with E-state index in [-0.39, 0.29) is 11.7 Å². The fraction of sp³-hybridized carbons (Fsp3) is 0.100. The molecule has 0 atom stereocenters. The second-order valence-electron chi connectivity index (χ2n) is 5.43. The predicted molar refractivity (Wildman–Crippen MR) is 109 cm³/mol. The number of ether oxygens (including phenoxy) is 1. The van der Waals surface area contributed by atoms with Gasteiger partial charge in [-0.2, -0.15) is 0 Å². The maximum Gasteiger partial charge on any atom is 0.330 e. The molecule has 28 heavy (non-hydrogen) atoms. The molecule has 7 nitrogen and oxygen atoms in total. The number of hydrogen-bond donors (Lipinski definition) is 3. The summed E-state index contributed by atoms with van der Waals surface area (Å²) in [5.41, 5.74) is 7.26. The van der Waals surface area contributed by atoms with Crippen LogP contribution in [0.5, 0.6) is 0 Å². The second-order valence-corrected chi connectivity index (χ2v) is 5.83. The largest absolute Gasteiger partial charge is 0.463 e. The van der Waals surface area contributed by atoms with Gasteiger partial charge >= 0.3 is 5.97 Å². The number of esters is 1. The van der Waals surface area contributed by atoms with Crippen LogP contribution < -0.4 is 16.2 Å². The summed E-state index contributed by atoms with van der Waals surface area (Å²) in [6.45, 7) is 1.87. The highest BCUT2D eigenvalue weighted by molar-refractivity contribution is 7.80. The van der Waals surface area contributed by atoms with Gasteiger partial charge in [-0.3, -0.25) is 25.8 Å². The van der Waals surface area contributed by atoms with Crippen molar-refractivity contribution in [2.45, 2.75) is 6.92 Å². The molecule has 2 aromatic rings. The van der Waals surface area contributed by atoms with E-state index < -0.39 is 17.8 Å². The number of hydrazine groups is 1. The van der Waals surface area contributed by atoms with Gasteiger partial charge in [0.25, 0.3) is 5.91 Å². The summed E-state index contributed by atoms with van der Waals surface area (Å²) in [4.78, 5) is 34.9. The Bertz CT molecular complexity index is 880. The van der Waals surface area contributed by atoms with Crippen molar-refractivity contribution >= 4 is 35.1 Å². The van der Waals surface area contributed by atoms with E-state index in [1.54, 1.807) is 19.1 Å². The van der Waals surface area contributed by atoms with E-state index in [2.05, 4.69) is 20.9 Å². The molecule has 0 aliphatic rings. The fourth-order valence-corrected chi connectivity index (χ4v) is 2.30. The normalized spacial score (nSPS) is 10.2. The first-order valence-corrected chi connectivity index (χ1v) is 8.82. The molecule has 0 bridgehead atoms. The van der Waals surface area contributed by atoms with E-state index in [1.165, 1.54) is 0 Å². The maximum absolute atomic E-state index is 12.1. The topological polar surface area (TPSA) is 96.5 Å². The van der Waals surface area contributed by atoms with E-state index in [0.29, 0.717) is 5.56 Å². The first kappa shape index (κ1) is 20.8. The molecule has 144 valence electrons. The van der Waals surface area contributed by atoms with Crippen molar-refractivity contribution in [3.8, 4) is 11.1 Å². The lowest BCUT2D eigenvalue weighted by atomic mass is 10.0. The predicted octanol–water partition coefficient (Wildman–Crippen LogP) is 2.11. The Balaban J connectivity index is 1.82. The monoisotopic (exact) mass is 397 g/mol. The molecule has 3 N–H and O–H groups in total. The quantitative estimate of drug-likeness (QED) is 0.310. The van der Waals surface area contributed by atoms with Crippen LogP contribution in [0.15, 0.2) is 66.7 Å². The first-order valence-electron chi connectivity index (χ1n) is 8.41. The number of hydrogen-bond acceptors (Lipinski definition) is 5. The third-order valence-corrected chi connectivity index (χ3v) is 3.64. The molecule has 2 aromatic carbocycles. The summed E-state index contributed by atoms with van der Waals surface area (Å²) in [6, 6.07) is 16.8. The Labute approximate surface area is 167 Å². The van der Waals surface area contributed by atoms with E-state index in [1.807, 2.05) is 42.5 Å². The summed E-state index contributed by atoms with van der Waals surface area (Å²) in [5.74, 6) is -1.69. The van der Waals surface area contributed by atoms with E-state index in [0.717, 1.165) is 23.3 Å². The SMILES string of the molecule is CCOC(=O)C=CC(=O)NC(=S)NNC(=O)c1ccc(-c2ccccc2)cc1. The number of nitrogens with one attached hydrogen (secondary N) is 3. The molecule has 8 heteroatoms. The van der Waals surface area contributed by atoms with Crippen molar-refractivity contribution in [3.05, 3.63) is 72.3 Å². The van der Waals surface area contributed by atoms with Gasteiger partial charge in [0.15, 0.2) is 5.11 Å². The van der Waals surface area contributed by atoms with Crippen LogP contribution in [-0.2, 0) is 14.3 Å². The molecule has 2 amide bonds. The smallest absolute Gasteiger partial charge is 0.330 e. The van der Waals surface area contributed by atoms with Crippen LogP contribution in [0.25, 0.3) is 11.1 Å². The Morgan fingerprint density at radius 2 is 1.57 bits per heavy atom. The number of carbonyl (C=O) groups is 3. The lowest BCUT2D eigenvalue weighted by Crippen LogP contribution is -2.48. The lowest BCUT2D eigenvalue weighted by molar-refractivity contribution is -0.137. The van der Waals surface area contributed by atoms with Gasteiger partial charge in [0, 0.05) is 17.7 Å². The van der Waals surface area contributed by atoms with Crippen LogP contribution in [0, 0.1) is 0 Å². The van der Waals surface area contributed by atoms with Crippen molar-refractivity contribution in [1.82, 2.24) is 16.2 Å². The van der Waals surface area contributed by atoms with Crippen LogP contribution in [-0.4, -0.2) is 29.5 Å². The summed E-state index contributed by atoms with van der Waals surface area (Å²) in [7, 11) is 0. The van der Waals surface area contributed by atoms with Crippen LogP contribution in [0.3, 0.4) is 0 Å². The highest BCUT2D eigenvalue weighted by Gasteiger charge is 2.07. The zero-order valence-corrected chi connectivity index (χ0v) is 15.9. The van der Waals surface area contributed by atoms with Gasteiger partial charge in [0.2, 0.25) is 5.91 Å². The molecule has 0 spiro atoms.